The molecule has 1 amide bonds. The Bertz CT molecular complexity index is 1250. The van der Waals surface area contributed by atoms with Crippen LogP contribution in [0.5, 0.6) is 0 Å². The highest BCUT2D eigenvalue weighted by atomic mass is 32.2. The lowest BCUT2D eigenvalue weighted by atomic mass is 10.3. The van der Waals surface area contributed by atoms with E-state index in [0.717, 1.165) is 16.4 Å². The van der Waals surface area contributed by atoms with Crippen molar-refractivity contribution in [2.75, 3.05) is 11.1 Å². The number of aromatic nitrogens is 3. The molecule has 4 aromatic rings. The number of rotatable bonds is 9. The van der Waals surface area contributed by atoms with E-state index >= 15 is 0 Å². The van der Waals surface area contributed by atoms with Crippen LogP contribution < -0.4 is 5.32 Å². The van der Waals surface area contributed by atoms with Gasteiger partial charge in [0.05, 0.1) is 16.4 Å². The molecule has 0 aliphatic heterocycles. The molecule has 10 heteroatoms. The normalized spacial score (nSPS) is 10.7. The van der Waals surface area contributed by atoms with Crippen molar-refractivity contribution in [2.24, 2.45) is 0 Å². The lowest BCUT2D eigenvalue weighted by Crippen LogP contribution is -2.14. The summed E-state index contributed by atoms with van der Waals surface area (Å²) in [6.07, 6.45) is 0. The summed E-state index contributed by atoms with van der Waals surface area (Å²) in [4.78, 5) is 24.0. The Labute approximate surface area is 198 Å². The van der Waals surface area contributed by atoms with E-state index in [1.165, 1.54) is 30.0 Å². The number of amides is 1. The maximum Gasteiger partial charge on any atom is 0.271 e. The molecule has 8 nitrogen and oxygen atoms in total. The predicted octanol–water partition coefficient (Wildman–Crippen LogP) is 5.20. The van der Waals surface area contributed by atoms with Gasteiger partial charge in [-0.2, -0.15) is 0 Å². The highest BCUT2D eigenvalue weighted by Crippen LogP contribution is 2.27. The minimum Gasteiger partial charge on any atom is -0.325 e. The van der Waals surface area contributed by atoms with Gasteiger partial charge in [0.1, 0.15) is 5.82 Å². The molecule has 0 atom stereocenters. The fraction of sp³-hybridized carbons (Fsp3) is 0.0870. The second-order valence-electron chi connectivity index (χ2n) is 6.82. The monoisotopic (exact) mass is 477 g/mol. The minimum absolute atomic E-state index is 0.0789. The molecule has 166 valence electrons. The van der Waals surface area contributed by atoms with E-state index in [1.54, 1.807) is 17.8 Å². The molecule has 0 aliphatic rings. The molecule has 0 unspecified atom stereocenters. The molecule has 33 heavy (non-hydrogen) atoms. The van der Waals surface area contributed by atoms with Gasteiger partial charge in [-0.15, -0.1) is 22.0 Å². The Hall–Kier alpha value is -3.63. The van der Waals surface area contributed by atoms with Crippen LogP contribution in [0.3, 0.4) is 0 Å². The van der Waals surface area contributed by atoms with Crippen LogP contribution in [0.15, 0.2) is 95.0 Å². The Kier molecular flexibility index (Phi) is 7.38. The molecule has 1 heterocycles. The Balaban J connectivity index is 1.47. The summed E-state index contributed by atoms with van der Waals surface area (Å²) in [7, 11) is 0. The zero-order valence-electron chi connectivity index (χ0n) is 17.3. The Morgan fingerprint density at radius 2 is 1.67 bits per heavy atom. The molecule has 0 spiro atoms. The molecule has 4 rings (SSSR count). The number of nitrogens with one attached hydrogen (secondary N) is 1. The topological polar surface area (TPSA) is 103 Å². The number of anilines is 1. The molecule has 1 N–H and O–H groups in total. The number of carbonyl (C=O) groups excluding carboxylic acids is 1. The number of nitro benzene ring substituents is 1. The van der Waals surface area contributed by atoms with Crippen LogP contribution in [0.1, 0.15) is 5.82 Å². The second-order valence-corrected chi connectivity index (χ2v) is 8.81. The van der Waals surface area contributed by atoms with Crippen molar-refractivity contribution in [3.05, 3.63) is 101 Å². The first-order valence-electron chi connectivity index (χ1n) is 9.95. The van der Waals surface area contributed by atoms with Crippen molar-refractivity contribution in [1.29, 1.82) is 0 Å². The lowest BCUT2D eigenvalue weighted by Gasteiger charge is -2.10. The predicted molar refractivity (Wildman–Crippen MR) is 130 cm³/mol. The van der Waals surface area contributed by atoms with Gasteiger partial charge in [-0.25, -0.2) is 0 Å². The van der Waals surface area contributed by atoms with Gasteiger partial charge in [0, 0.05) is 28.4 Å². The SMILES string of the molecule is O=C(CSc1nnc(CSc2ccccc2)n1-c1ccccc1)Nc1cccc([N+](=O)[O-])c1. The fourth-order valence-corrected chi connectivity index (χ4v) is 4.62. The van der Waals surface area contributed by atoms with Crippen molar-refractivity contribution in [1.82, 2.24) is 14.8 Å². The number of hydrogen-bond donors (Lipinski definition) is 1. The van der Waals surface area contributed by atoms with E-state index in [-0.39, 0.29) is 17.3 Å². The van der Waals surface area contributed by atoms with Gasteiger partial charge in [-0.3, -0.25) is 19.5 Å². The van der Waals surface area contributed by atoms with Crippen molar-refractivity contribution < 1.29 is 9.72 Å². The second kappa shape index (κ2) is 10.8. The number of para-hydroxylation sites is 1. The van der Waals surface area contributed by atoms with Gasteiger partial charge in [0.2, 0.25) is 5.91 Å². The van der Waals surface area contributed by atoms with Crippen LogP contribution in [0.4, 0.5) is 11.4 Å². The number of benzene rings is 3. The van der Waals surface area contributed by atoms with Crippen molar-refractivity contribution >= 4 is 40.8 Å². The number of thioether (sulfide) groups is 2. The zero-order valence-corrected chi connectivity index (χ0v) is 19.0. The Morgan fingerprint density at radius 1 is 0.939 bits per heavy atom. The van der Waals surface area contributed by atoms with Crippen LogP contribution in [-0.2, 0) is 10.5 Å². The van der Waals surface area contributed by atoms with Crippen LogP contribution in [-0.4, -0.2) is 31.3 Å². The average molecular weight is 478 g/mol. The van der Waals surface area contributed by atoms with E-state index in [9.17, 15) is 14.9 Å². The molecule has 0 fully saturated rings. The van der Waals surface area contributed by atoms with Gasteiger partial charge in [-0.05, 0) is 30.3 Å². The van der Waals surface area contributed by atoms with Gasteiger partial charge in [0.15, 0.2) is 5.16 Å². The van der Waals surface area contributed by atoms with Crippen LogP contribution in [0, 0.1) is 10.1 Å². The first-order chi connectivity index (χ1) is 16.1. The van der Waals surface area contributed by atoms with E-state index in [1.807, 2.05) is 65.2 Å². The molecular weight excluding hydrogens is 458 g/mol. The number of non-ortho nitro benzene ring substituents is 1. The number of nitrogens with zero attached hydrogens (tertiary/aromatic N) is 4. The van der Waals surface area contributed by atoms with E-state index in [0.29, 0.717) is 16.6 Å². The molecule has 0 saturated heterocycles. The number of carbonyl (C=O) groups is 1. The molecular formula is C23H19N5O3S2. The molecule has 0 saturated carbocycles. The van der Waals surface area contributed by atoms with Crippen LogP contribution >= 0.6 is 23.5 Å². The van der Waals surface area contributed by atoms with Crippen molar-refractivity contribution in [2.45, 2.75) is 15.8 Å². The number of hydrogen-bond acceptors (Lipinski definition) is 7. The standard InChI is InChI=1S/C23H19N5O3S2/c29-22(24-17-8-7-11-19(14-17)28(30)31)16-33-23-26-25-21(15-32-20-12-5-2-6-13-20)27(23)18-9-3-1-4-10-18/h1-14H,15-16H2,(H,24,29). The summed E-state index contributed by atoms with van der Waals surface area (Å²) in [5.41, 5.74) is 1.21. The smallest absolute Gasteiger partial charge is 0.271 e. The van der Waals surface area contributed by atoms with Gasteiger partial charge < -0.3 is 5.32 Å². The van der Waals surface area contributed by atoms with E-state index in [4.69, 9.17) is 0 Å². The third-order valence-electron chi connectivity index (χ3n) is 4.50. The minimum atomic E-state index is -0.498. The molecule has 0 radical (unpaired) electrons. The first kappa shape index (κ1) is 22.6. The average Bonchev–Trinajstić information content (AvgIpc) is 3.25. The third kappa shape index (κ3) is 5.99. The zero-order chi connectivity index (χ0) is 23.0. The largest absolute Gasteiger partial charge is 0.325 e. The molecule has 0 aliphatic carbocycles. The highest BCUT2D eigenvalue weighted by molar-refractivity contribution is 7.99. The van der Waals surface area contributed by atoms with E-state index < -0.39 is 4.92 Å². The summed E-state index contributed by atoms with van der Waals surface area (Å²) in [6.45, 7) is 0. The number of nitro groups is 1. The summed E-state index contributed by atoms with van der Waals surface area (Å²) in [5.74, 6) is 1.19. The van der Waals surface area contributed by atoms with E-state index in [2.05, 4.69) is 15.5 Å². The molecule has 3 aromatic carbocycles. The van der Waals surface area contributed by atoms with Crippen molar-refractivity contribution in [3.63, 3.8) is 0 Å². The third-order valence-corrected chi connectivity index (χ3v) is 6.44. The Morgan fingerprint density at radius 3 is 2.39 bits per heavy atom. The van der Waals surface area contributed by atoms with Gasteiger partial charge in [-0.1, -0.05) is 54.2 Å². The summed E-state index contributed by atoms with van der Waals surface area (Å²) < 4.78 is 1.95. The molecule has 1 aromatic heterocycles. The van der Waals surface area contributed by atoms with Gasteiger partial charge >= 0.3 is 0 Å². The van der Waals surface area contributed by atoms with Gasteiger partial charge in [0.25, 0.3) is 5.69 Å². The maximum absolute atomic E-state index is 12.5. The maximum atomic E-state index is 12.5. The first-order valence-corrected chi connectivity index (χ1v) is 11.9. The molecule has 0 bridgehead atoms. The summed E-state index contributed by atoms with van der Waals surface area (Å²) >= 11 is 2.92. The lowest BCUT2D eigenvalue weighted by molar-refractivity contribution is -0.384. The highest BCUT2D eigenvalue weighted by Gasteiger charge is 2.16. The van der Waals surface area contributed by atoms with Crippen LogP contribution in [0.2, 0.25) is 0 Å². The van der Waals surface area contributed by atoms with Crippen LogP contribution in [0.25, 0.3) is 5.69 Å². The van der Waals surface area contributed by atoms with Crippen molar-refractivity contribution in [3.8, 4) is 5.69 Å². The summed E-state index contributed by atoms with van der Waals surface area (Å²) in [5, 5.41) is 22.9. The quantitative estimate of drug-likeness (QED) is 0.201. The summed E-state index contributed by atoms with van der Waals surface area (Å²) in [6, 6.07) is 25.6. The fourth-order valence-electron chi connectivity index (χ4n) is 3.01.